The summed E-state index contributed by atoms with van der Waals surface area (Å²) in [7, 11) is 0. The van der Waals surface area contributed by atoms with Crippen molar-refractivity contribution in [3.8, 4) is 0 Å². The van der Waals surface area contributed by atoms with Crippen LogP contribution in [0.25, 0.3) is 0 Å². The first-order valence-electron chi connectivity index (χ1n) is 7.29. The number of carbonyl (C=O) groups is 1. The van der Waals surface area contributed by atoms with Gasteiger partial charge in [-0.2, -0.15) is 0 Å². The Labute approximate surface area is 137 Å². The van der Waals surface area contributed by atoms with E-state index in [1.807, 2.05) is 24.8 Å². The summed E-state index contributed by atoms with van der Waals surface area (Å²) in [5.74, 6) is 1.30. The average Bonchev–Trinajstić information content (AvgIpc) is 3.13. The zero-order chi connectivity index (χ0) is 15.5. The molecule has 2 aromatic rings. The third-order valence-electron chi connectivity index (χ3n) is 3.64. The van der Waals surface area contributed by atoms with Crippen LogP contribution in [-0.4, -0.2) is 38.5 Å². The van der Waals surface area contributed by atoms with Gasteiger partial charge in [-0.05, 0) is 33.1 Å². The van der Waals surface area contributed by atoms with E-state index in [0.717, 1.165) is 46.6 Å². The molecule has 118 valence electrons. The van der Waals surface area contributed by atoms with Gasteiger partial charge in [0.15, 0.2) is 4.34 Å². The molecule has 6 nitrogen and oxygen atoms in total. The van der Waals surface area contributed by atoms with Gasteiger partial charge < -0.3 is 9.42 Å². The van der Waals surface area contributed by atoms with Crippen LogP contribution >= 0.6 is 23.1 Å². The van der Waals surface area contributed by atoms with Crippen molar-refractivity contribution in [2.75, 3.05) is 12.3 Å². The minimum absolute atomic E-state index is 0.0375. The van der Waals surface area contributed by atoms with E-state index >= 15 is 0 Å². The van der Waals surface area contributed by atoms with Crippen LogP contribution < -0.4 is 0 Å². The van der Waals surface area contributed by atoms with Crippen LogP contribution in [0.15, 0.2) is 14.9 Å². The van der Waals surface area contributed by atoms with Crippen LogP contribution in [0, 0.1) is 13.8 Å². The number of likely N-dealkylation sites (tertiary alicyclic amines) is 1. The van der Waals surface area contributed by atoms with Gasteiger partial charge in [0.2, 0.25) is 5.91 Å². The Morgan fingerprint density at radius 1 is 1.45 bits per heavy atom. The number of carbonyl (C=O) groups excluding carboxylic acids is 1. The quantitative estimate of drug-likeness (QED) is 0.798. The molecule has 0 spiro atoms. The summed E-state index contributed by atoms with van der Waals surface area (Å²) in [6, 6.07) is 1.97. The van der Waals surface area contributed by atoms with Crippen molar-refractivity contribution in [2.24, 2.45) is 0 Å². The fourth-order valence-corrected chi connectivity index (χ4v) is 4.33. The molecule has 3 heterocycles. The molecule has 0 aromatic carbocycles. The minimum Gasteiger partial charge on any atom is -0.361 e. The van der Waals surface area contributed by atoms with Gasteiger partial charge in [0, 0.05) is 12.6 Å². The highest BCUT2D eigenvalue weighted by Crippen LogP contribution is 2.32. The molecule has 0 aliphatic carbocycles. The molecule has 22 heavy (non-hydrogen) atoms. The maximum absolute atomic E-state index is 12.6. The highest BCUT2D eigenvalue weighted by Gasteiger charge is 2.30. The summed E-state index contributed by atoms with van der Waals surface area (Å²) in [4.78, 5) is 14.5. The molecule has 0 N–H and O–H groups in total. The van der Waals surface area contributed by atoms with Crippen molar-refractivity contribution in [1.82, 2.24) is 20.3 Å². The lowest BCUT2D eigenvalue weighted by Crippen LogP contribution is -2.39. The average molecular weight is 338 g/mol. The second-order valence-electron chi connectivity index (χ2n) is 5.34. The standard InChI is InChI=1S/C14H18N4O2S2/c1-9-7-11(17-20-9)12-5-3-4-6-18(12)13(19)8-21-14-16-15-10(2)22-14/h7,12H,3-6,8H2,1-2H3. The monoisotopic (exact) mass is 338 g/mol. The first-order chi connectivity index (χ1) is 10.6. The Bertz CT molecular complexity index is 655. The van der Waals surface area contributed by atoms with Gasteiger partial charge >= 0.3 is 0 Å². The second-order valence-corrected chi connectivity index (χ2v) is 7.74. The smallest absolute Gasteiger partial charge is 0.233 e. The molecular weight excluding hydrogens is 320 g/mol. The summed E-state index contributed by atoms with van der Waals surface area (Å²) in [5, 5.41) is 13.0. The number of thioether (sulfide) groups is 1. The number of amides is 1. The lowest BCUT2D eigenvalue weighted by Gasteiger charge is -2.34. The summed E-state index contributed by atoms with van der Waals surface area (Å²) < 4.78 is 6.01. The van der Waals surface area contributed by atoms with Gasteiger partial charge in [0.1, 0.15) is 16.5 Å². The molecule has 1 aliphatic heterocycles. The van der Waals surface area contributed by atoms with Crippen molar-refractivity contribution in [1.29, 1.82) is 0 Å². The van der Waals surface area contributed by atoms with Gasteiger partial charge in [0.25, 0.3) is 0 Å². The van der Waals surface area contributed by atoms with Crippen molar-refractivity contribution in [3.05, 3.63) is 22.5 Å². The molecule has 8 heteroatoms. The molecule has 1 amide bonds. The Morgan fingerprint density at radius 2 is 2.32 bits per heavy atom. The van der Waals surface area contributed by atoms with E-state index in [1.165, 1.54) is 23.1 Å². The number of aromatic nitrogens is 3. The van der Waals surface area contributed by atoms with Crippen LogP contribution in [0.4, 0.5) is 0 Å². The number of aryl methyl sites for hydroxylation is 2. The molecule has 1 aliphatic rings. The number of nitrogens with zero attached hydrogens (tertiary/aromatic N) is 4. The Kier molecular flexibility index (Phi) is 4.77. The van der Waals surface area contributed by atoms with Crippen molar-refractivity contribution in [2.45, 2.75) is 43.5 Å². The molecule has 3 rings (SSSR count). The van der Waals surface area contributed by atoms with E-state index in [4.69, 9.17) is 4.52 Å². The molecule has 0 saturated carbocycles. The Hall–Kier alpha value is -1.41. The van der Waals surface area contributed by atoms with Gasteiger partial charge in [-0.3, -0.25) is 4.79 Å². The van der Waals surface area contributed by atoms with Gasteiger partial charge in [-0.1, -0.05) is 28.3 Å². The minimum atomic E-state index is 0.0375. The van der Waals surface area contributed by atoms with Crippen molar-refractivity contribution >= 4 is 29.0 Å². The summed E-state index contributed by atoms with van der Waals surface area (Å²) in [6.45, 7) is 4.57. The predicted molar refractivity (Wildman–Crippen MR) is 84.9 cm³/mol. The molecule has 1 fully saturated rings. The SMILES string of the molecule is Cc1cc(C2CCCCN2C(=O)CSc2nnc(C)s2)no1. The van der Waals surface area contributed by atoms with Crippen LogP contribution in [0.5, 0.6) is 0 Å². The Balaban J connectivity index is 1.66. The second kappa shape index (κ2) is 6.78. The summed E-state index contributed by atoms with van der Waals surface area (Å²) in [5.41, 5.74) is 0.863. The molecule has 0 radical (unpaired) electrons. The van der Waals surface area contributed by atoms with E-state index in [1.54, 1.807) is 0 Å². The fourth-order valence-electron chi connectivity index (χ4n) is 2.62. The number of hydrogen-bond donors (Lipinski definition) is 0. The van der Waals surface area contributed by atoms with E-state index in [9.17, 15) is 4.79 Å². The predicted octanol–water partition coefficient (Wildman–Crippen LogP) is 2.99. The Morgan fingerprint density at radius 3 is 3.00 bits per heavy atom. The number of rotatable bonds is 4. The summed E-state index contributed by atoms with van der Waals surface area (Å²) in [6.07, 6.45) is 3.10. The molecule has 0 bridgehead atoms. The molecule has 2 aromatic heterocycles. The van der Waals surface area contributed by atoms with Crippen molar-refractivity contribution < 1.29 is 9.32 Å². The topological polar surface area (TPSA) is 72.1 Å². The highest BCUT2D eigenvalue weighted by molar-refractivity contribution is 8.01. The molecule has 1 atom stereocenters. The third-order valence-corrected chi connectivity index (χ3v) is 5.59. The zero-order valence-electron chi connectivity index (χ0n) is 12.6. The van der Waals surface area contributed by atoms with E-state index in [0.29, 0.717) is 5.75 Å². The summed E-state index contributed by atoms with van der Waals surface area (Å²) >= 11 is 2.97. The van der Waals surface area contributed by atoms with Crippen molar-refractivity contribution in [3.63, 3.8) is 0 Å². The van der Waals surface area contributed by atoms with Crippen LogP contribution in [0.2, 0.25) is 0 Å². The van der Waals surface area contributed by atoms with E-state index in [2.05, 4.69) is 15.4 Å². The normalized spacial score (nSPS) is 18.6. The first kappa shape index (κ1) is 15.5. The fraction of sp³-hybridized carbons (Fsp3) is 0.571. The maximum atomic E-state index is 12.6. The van der Waals surface area contributed by atoms with E-state index < -0.39 is 0 Å². The molecular formula is C14H18N4O2S2. The van der Waals surface area contributed by atoms with Gasteiger partial charge in [-0.25, -0.2) is 0 Å². The zero-order valence-corrected chi connectivity index (χ0v) is 14.2. The van der Waals surface area contributed by atoms with Crippen LogP contribution in [0.3, 0.4) is 0 Å². The lowest BCUT2D eigenvalue weighted by atomic mass is 9.99. The maximum Gasteiger partial charge on any atom is 0.233 e. The molecule has 1 unspecified atom stereocenters. The van der Waals surface area contributed by atoms with Gasteiger partial charge in [0.05, 0.1) is 11.8 Å². The van der Waals surface area contributed by atoms with Crippen LogP contribution in [-0.2, 0) is 4.79 Å². The van der Waals surface area contributed by atoms with Gasteiger partial charge in [-0.15, -0.1) is 10.2 Å². The number of piperidine rings is 1. The highest BCUT2D eigenvalue weighted by atomic mass is 32.2. The molecule has 1 saturated heterocycles. The lowest BCUT2D eigenvalue weighted by molar-refractivity contribution is -0.132. The van der Waals surface area contributed by atoms with Crippen LogP contribution in [0.1, 0.15) is 41.8 Å². The first-order valence-corrected chi connectivity index (χ1v) is 9.09. The van der Waals surface area contributed by atoms with E-state index in [-0.39, 0.29) is 11.9 Å². The largest absolute Gasteiger partial charge is 0.361 e. The third kappa shape index (κ3) is 3.49. The number of hydrogen-bond acceptors (Lipinski definition) is 7.